The molecule has 2 fully saturated rings. The first-order valence-electron chi connectivity index (χ1n) is 10.2. The van der Waals surface area contributed by atoms with Crippen molar-refractivity contribution in [2.75, 3.05) is 0 Å². The van der Waals surface area contributed by atoms with Gasteiger partial charge in [-0.05, 0) is 54.8 Å². The Morgan fingerprint density at radius 3 is 2.10 bits per heavy atom. The van der Waals surface area contributed by atoms with Gasteiger partial charge in [0.25, 0.3) is 0 Å². The van der Waals surface area contributed by atoms with E-state index in [0.717, 1.165) is 35.5 Å². The lowest BCUT2D eigenvalue weighted by atomic mass is 9.61. The standard InChI is InChI=1S/C21H40/c1-5-16(4)20(7-3)21-14-13-19(15-17(21)6-2)18-11-9-8-10-12-18/h16-21H,5-15H2,1-4H3/t16?,17?,19?,20-,21?/m1/s1. The van der Waals surface area contributed by atoms with Crippen molar-refractivity contribution in [3.63, 3.8) is 0 Å². The summed E-state index contributed by atoms with van der Waals surface area (Å²) < 4.78 is 0. The van der Waals surface area contributed by atoms with Gasteiger partial charge in [0.05, 0.1) is 0 Å². The first-order chi connectivity index (χ1) is 10.2. The van der Waals surface area contributed by atoms with Crippen LogP contribution in [-0.4, -0.2) is 0 Å². The summed E-state index contributed by atoms with van der Waals surface area (Å²) >= 11 is 0. The highest BCUT2D eigenvalue weighted by molar-refractivity contribution is 4.88. The molecule has 0 saturated heterocycles. The van der Waals surface area contributed by atoms with Crippen molar-refractivity contribution >= 4 is 0 Å². The predicted molar refractivity (Wildman–Crippen MR) is 94.4 cm³/mol. The quantitative estimate of drug-likeness (QED) is 0.490. The van der Waals surface area contributed by atoms with Crippen LogP contribution in [0.2, 0.25) is 0 Å². The SMILES string of the molecule is CCC1CC(C2CCCCC2)CCC1[C@H](CC)C(C)CC. The monoisotopic (exact) mass is 292 g/mol. The summed E-state index contributed by atoms with van der Waals surface area (Å²) in [6.45, 7) is 9.80. The molecule has 0 aliphatic heterocycles. The van der Waals surface area contributed by atoms with E-state index in [-0.39, 0.29) is 0 Å². The zero-order chi connectivity index (χ0) is 15.2. The smallest absolute Gasteiger partial charge is 0.0355 e. The van der Waals surface area contributed by atoms with Crippen molar-refractivity contribution in [3.8, 4) is 0 Å². The molecule has 4 unspecified atom stereocenters. The summed E-state index contributed by atoms with van der Waals surface area (Å²) in [5, 5.41) is 0. The Morgan fingerprint density at radius 1 is 0.810 bits per heavy atom. The zero-order valence-electron chi connectivity index (χ0n) is 15.2. The van der Waals surface area contributed by atoms with Crippen molar-refractivity contribution in [1.29, 1.82) is 0 Å². The van der Waals surface area contributed by atoms with Crippen molar-refractivity contribution < 1.29 is 0 Å². The number of hydrogen-bond donors (Lipinski definition) is 0. The minimum absolute atomic E-state index is 0.931. The highest BCUT2D eigenvalue weighted by atomic mass is 14.4. The molecular formula is C21H40. The Balaban J connectivity index is 1.97. The van der Waals surface area contributed by atoms with Crippen LogP contribution in [0.4, 0.5) is 0 Å². The molecular weight excluding hydrogens is 252 g/mol. The topological polar surface area (TPSA) is 0 Å². The molecule has 124 valence electrons. The highest BCUT2D eigenvalue weighted by Crippen LogP contribution is 2.47. The third kappa shape index (κ3) is 4.26. The molecule has 0 nitrogen and oxygen atoms in total. The summed E-state index contributed by atoms with van der Waals surface area (Å²) in [5.74, 6) is 6.17. The Hall–Kier alpha value is 0. The van der Waals surface area contributed by atoms with E-state index in [2.05, 4.69) is 27.7 Å². The van der Waals surface area contributed by atoms with Gasteiger partial charge in [0.15, 0.2) is 0 Å². The van der Waals surface area contributed by atoms with Crippen LogP contribution in [0.25, 0.3) is 0 Å². The molecule has 0 heteroatoms. The Bertz CT molecular complexity index is 276. The van der Waals surface area contributed by atoms with Crippen LogP contribution in [-0.2, 0) is 0 Å². The fraction of sp³-hybridized carbons (Fsp3) is 1.00. The highest BCUT2D eigenvalue weighted by Gasteiger charge is 2.37. The summed E-state index contributed by atoms with van der Waals surface area (Å²) in [5.41, 5.74) is 0. The Kier molecular flexibility index (Phi) is 7.10. The Labute approximate surface area is 134 Å². The maximum Gasteiger partial charge on any atom is -0.0355 e. The van der Waals surface area contributed by atoms with Gasteiger partial charge in [-0.1, -0.05) is 79.1 Å². The van der Waals surface area contributed by atoms with Crippen LogP contribution in [0.3, 0.4) is 0 Å². The minimum atomic E-state index is 0.931. The van der Waals surface area contributed by atoms with Crippen LogP contribution >= 0.6 is 0 Å². The fourth-order valence-electron chi connectivity index (χ4n) is 5.82. The van der Waals surface area contributed by atoms with Gasteiger partial charge in [0.2, 0.25) is 0 Å². The second kappa shape index (κ2) is 8.59. The molecule has 5 atom stereocenters. The molecule has 2 aliphatic carbocycles. The Morgan fingerprint density at radius 2 is 1.52 bits per heavy atom. The summed E-state index contributed by atoms with van der Waals surface area (Å²) in [6.07, 6.45) is 16.5. The van der Waals surface area contributed by atoms with Gasteiger partial charge >= 0.3 is 0 Å². The van der Waals surface area contributed by atoms with Gasteiger partial charge in [-0.15, -0.1) is 0 Å². The molecule has 0 bridgehead atoms. The lowest BCUT2D eigenvalue weighted by Crippen LogP contribution is -2.35. The van der Waals surface area contributed by atoms with E-state index in [9.17, 15) is 0 Å². The minimum Gasteiger partial charge on any atom is -0.0651 e. The summed E-state index contributed by atoms with van der Waals surface area (Å²) in [7, 11) is 0. The lowest BCUT2D eigenvalue weighted by molar-refractivity contribution is 0.0567. The van der Waals surface area contributed by atoms with E-state index in [1.165, 1.54) is 38.5 Å². The van der Waals surface area contributed by atoms with Crippen molar-refractivity contribution in [2.24, 2.45) is 35.5 Å². The fourth-order valence-corrected chi connectivity index (χ4v) is 5.82. The van der Waals surface area contributed by atoms with E-state index >= 15 is 0 Å². The molecule has 2 aliphatic rings. The second-order valence-corrected chi connectivity index (χ2v) is 8.26. The third-order valence-corrected chi connectivity index (χ3v) is 7.32. The molecule has 0 amide bonds. The molecule has 0 N–H and O–H groups in total. The van der Waals surface area contributed by atoms with Crippen molar-refractivity contribution in [2.45, 2.75) is 98.3 Å². The molecule has 2 saturated carbocycles. The summed E-state index contributed by atoms with van der Waals surface area (Å²) in [6, 6.07) is 0. The molecule has 0 spiro atoms. The molecule has 0 radical (unpaired) electrons. The molecule has 0 aromatic rings. The largest absolute Gasteiger partial charge is 0.0651 e. The molecule has 0 aromatic heterocycles. The van der Waals surface area contributed by atoms with Crippen molar-refractivity contribution in [3.05, 3.63) is 0 Å². The van der Waals surface area contributed by atoms with Gasteiger partial charge in [0, 0.05) is 0 Å². The first kappa shape index (κ1) is 17.4. The van der Waals surface area contributed by atoms with Gasteiger partial charge in [0.1, 0.15) is 0 Å². The van der Waals surface area contributed by atoms with E-state index in [0.29, 0.717) is 0 Å². The number of hydrogen-bond acceptors (Lipinski definition) is 0. The van der Waals surface area contributed by atoms with Crippen molar-refractivity contribution in [1.82, 2.24) is 0 Å². The molecule has 0 heterocycles. The normalized spacial score (nSPS) is 34.6. The van der Waals surface area contributed by atoms with Crippen LogP contribution < -0.4 is 0 Å². The maximum atomic E-state index is 2.51. The van der Waals surface area contributed by atoms with Crippen LogP contribution in [0, 0.1) is 35.5 Å². The lowest BCUT2D eigenvalue weighted by Gasteiger charge is -2.44. The van der Waals surface area contributed by atoms with Crippen LogP contribution in [0.15, 0.2) is 0 Å². The number of rotatable bonds is 6. The van der Waals surface area contributed by atoms with Gasteiger partial charge in [-0.25, -0.2) is 0 Å². The van der Waals surface area contributed by atoms with E-state index < -0.39 is 0 Å². The van der Waals surface area contributed by atoms with E-state index in [4.69, 9.17) is 0 Å². The summed E-state index contributed by atoms with van der Waals surface area (Å²) in [4.78, 5) is 0. The van der Waals surface area contributed by atoms with E-state index in [1.807, 2.05) is 0 Å². The maximum absolute atomic E-state index is 2.51. The van der Waals surface area contributed by atoms with Gasteiger partial charge < -0.3 is 0 Å². The second-order valence-electron chi connectivity index (χ2n) is 8.26. The molecule has 21 heavy (non-hydrogen) atoms. The zero-order valence-corrected chi connectivity index (χ0v) is 15.2. The molecule has 2 rings (SSSR count). The van der Waals surface area contributed by atoms with Crippen LogP contribution in [0.1, 0.15) is 98.3 Å². The third-order valence-electron chi connectivity index (χ3n) is 7.32. The van der Waals surface area contributed by atoms with Gasteiger partial charge in [-0.2, -0.15) is 0 Å². The average Bonchev–Trinajstić information content (AvgIpc) is 2.56. The van der Waals surface area contributed by atoms with Crippen LogP contribution in [0.5, 0.6) is 0 Å². The molecule has 0 aromatic carbocycles. The predicted octanol–water partition coefficient (Wildman–Crippen LogP) is 7.08. The average molecular weight is 293 g/mol. The first-order valence-corrected chi connectivity index (χ1v) is 10.2. The van der Waals surface area contributed by atoms with E-state index in [1.54, 1.807) is 32.1 Å². The van der Waals surface area contributed by atoms with Gasteiger partial charge in [-0.3, -0.25) is 0 Å².